The summed E-state index contributed by atoms with van der Waals surface area (Å²) < 4.78 is 0. The molecule has 1 amide bonds. The molecule has 0 spiro atoms. The SMILES string of the molecule is CCCCC(CC)C(=O)NC(CC)c1nnc(-c2ccccc2)[nH]c1=O. The van der Waals surface area contributed by atoms with Crippen LogP contribution in [0.3, 0.4) is 0 Å². The molecule has 0 aliphatic rings. The van der Waals surface area contributed by atoms with Crippen molar-refractivity contribution >= 4 is 5.91 Å². The van der Waals surface area contributed by atoms with Gasteiger partial charge < -0.3 is 10.3 Å². The fraction of sp³-hybridized carbons (Fsp3) is 0.500. The molecule has 2 rings (SSSR count). The molecule has 0 saturated heterocycles. The Morgan fingerprint density at radius 1 is 1.12 bits per heavy atom. The van der Waals surface area contributed by atoms with E-state index >= 15 is 0 Å². The molecule has 6 nitrogen and oxygen atoms in total. The smallest absolute Gasteiger partial charge is 0.275 e. The van der Waals surface area contributed by atoms with Crippen molar-refractivity contribution in [2.24, 2.45) is 5.92 Å². The fourth-order valence-corrected chi connectivity index (χ4v) is 2.92. The minimum atomic E-state index is -0.431. The summed E-state index contributed by atoms with van der Waals surface area (Å²) in [4.78, 5) is 27.8. The maximum absolute atomic E-state index is 12.6. The van der Waals surface area contributed by atoms with Crippen LogP contribution in [0, 0.1) is 5.92 Å². The number of nitrogens with one attached hydrogen (secondary N) is 2. The average Bonchev–Trinajstić information content (AvgIpc) is 2.67. The predicted molar refractivity (Wildman–Crippen MR) is 103 cm³/mol. The third-order valence-corrected chi connectivity index (χ3v) is 4.59. The van der Waals surface area contributed by atoms with Crippen LogP contribution in [-0.2, 0) is 4.79 Å². The number of carbonyl (C=O) groups excluding carboxylic acids is 1. The van der Waals surface area contributed by atoms with Crippen LogP contribution in [0.4, 0.5) is 0 Å². The normalized spacial score (nSPS) is 13.2. The highest BCUT2D eigenvalue weighted by Gasteiger charge is 2.23. The van der Waals surface area contributed by atoms with E-state index in [1.165, 1.54) is 0 Å². The standard InChI is InChI=1S/C20H28N4O2/c1-4-7-11-14(5-2)19(25)21-16(6-3)17-20(26)22-18(24-23-17)15-12-9-8-10-13-15/h8-10,12-14,16H,4-7,11H2,1-3H3,(H,21,25)(H,22,24,26). The Morgan fingerprint density at radius 2 is 1.85 bits per heavy atom. The molecule has 2 aromatic rings. The van der Waals surface area contributed by atoms with E-state index < -0.39 is 6.04 Å². The molecule has 26 heavy (non-hydrogen) atoms. The number of aromatic amines is 1. The number of unbranched alkanes of at least 4 members (excludes halogenated alkanes) is 1. The lowest BCUT2D eigenvalue weighted by Gasteiger charge is -2.20. The molecule has 0 radical (unpaired) electrons. The second-order valence-corrected chi connectivity index (χ2v) is 6.47. The molecule has 6 heteroatoms. The monoisotopic (exact) mass is 356 g/mol. The zero-order valence-electron chi connectivity index (χ0n) is 15.8. The quantitative estimate of drug-likeness (QED) is 0.718. The van der Waals surface area contributed by atoms with Crippen LogP contribution >= 0.6 is 0 Å². The van der Waals surface area contributed by atoms with Crippen molar-refractivity contribution in [3.63, 3.8) is 0 Å². The van der Waals surface area contributed by atoms with Gasteiger partial charge in [-0.2, -0.15) is 0 Å². The third-order valence-electron chi connectivity index (χ3n) is 4.59. The number of benzene rings is 1. The van der Waals surface area contributed by atoms with Gasteiger partial charge in [-0.25, -0.2) is 0 Å². The molecule has 0 aliphatic carbocycles. The number of nitrogens with zero attached hydrogens (tertiary/aromatic N) is 2. The van der Waals surface area contributed by atoms with Gasteiger partial charge in [-0.15, -0.1) is 10.2 Å². The molecule has 1 heterocycles. The van der Waals surface area contributed by atoms with Crippen molar-refractivity contribution in [1.29, 1.82) is 0 Å². The van der Waals surface area contributed by atoms with Crippen molar-refractivity contribution in [2.75, 3.05) is 0 Å². The highest BCUT2D eigenvalue weighted by atomic mass is 16.2. The maximum atomic E-state index is 12.6. The van der Waals surface area contributed by atoms with Gasteiger partial charge in [-0.1, -0.05) is 63.9 Å². The average molecular weight is 356 g/mol. The molecule has 2 atom stereocenters. The second-order valence-electron chi connectivity index (χ2n) is 6.47. The summed E-state index contributed by atoms with van der Waals surface area (Å²) in [7, 11) is 0. The summed E-state index contributed by atoms with van der Waals surface area (Å²) in [6.07, 6.45) is 4.32. The van der Waals surface area contributed by atoms with Crippen molar-refractivity contribution in [2.45, 2.75) is 58.9 Å². The first-order valence-electron chi connectivity index (χ1n) is 9.43. The van der Waals surface area contributed by atoms with Crippen molar-refractivity contribution in [3.8, 4) is 11.4 Å². The van der Waals surface area contributed by atoms with Gasteiger partial charge in [-0.3, -0.25) is 9.59 Å². The van der Waals surface area contributed by atoms with Crippen LogP contribution in [0.25, 0.3) is 11.4 Å². The van der Waals surface area contributed by atoms with Crippen LogP contribution in [-0.4, -0.2) is 21.1 Å². The Balaban J connectivity index is 2.17. The maximum Gasteiger partial charge on any atom is 0.275 e. The summed E-state index contributed by atoms with van der Waals surface area (Å²) in [5, 5.41) is 11.2. The lowest BCUT2D eigenvalue weighted by atomic mass is 9.97. The van der Waals surface area contributed by atoms with Gasteiger partial charge in [0, 0.05) is 11.5 Å². The lowest BCUT2D eigenvalue weighted by Crippen LogP contribution is -2.37. The summed E-state index contributed by atoms with van der Waals surface area (Å²) in [5.74, 6) is 0.385. The largest absolute Gasteiger partial charge is 0.347 e. The number of H-pyrrole nitrogens is 1. The molecular formula is C20H28N4O2. The van der Waals surface area contributed by atoms with E-state index in [-0.39, 0.29) is 23.1 Å². The highest BCUT2D eigenvalue weighted by Crippen LogP contribution is 2.17. The number of hydrogen-bond acceptors (Lipinski definition) is 4. The van der Waals surface area contributed by atoms with Gasteiger partial charge in [0.2, 0.25) is 5.91 Å². The number of carbonyl (C=O) groups is 1. The van der Waals surface area contributed by atoms with Gasteiger partial charge >= 0.3 is 0 Å². The van der Waals surface area contributed by atoms with Crippen LogP contribution in [0.2, 0.25) is 0 Å². The van der Waals surface area contributed by atoms with E-state index in [4.69, 9.17) is 0 Å². The van der Waals surface area contributed by atoms with Crippen LogP contribution < -0.4 is 10.9 Å². The molecule has 1 aromatic heterocycles. The van der Waals surface area contributed by atoms with Gasteiger partial charge in [0.25, 0.3) is 5.56 Å². The molecule has 0 saturated carbocycles. The van der Waals surface area contributed by atoms with E-state index in [0.29, 0.717) is 12.2 Å². The van der Waals surface area contributed by atoms with E-state index in [2.05, 4.69) is 27.4 Å². The summed E-state index contributed by atoms with van der Waals surface area (Å²) in [6.45, 7) is 6.05. The Labute approximate surface area is 154 Å². The Hall–Kier alpha value is -2.50. The van der Waals surface area contributed by atoms with Crippen molar-refractivity contribution in [1.82, 2.24) is 20.5 Å². The topological polar surface area (TPSA) is 87.7 Å². The van der Waals surface area contributed by atoms with Gasteiger partial charge in [0.15, 0.2) is 11.5 Å². The number of hydrogen-bond donors (Lipinski definition) is 2. The van der Waals surface area contributed by atoms with Crippen LogP contribution in [0.15, 0.2) is 35.1 Å². The zero-order valence-corrected chi connectivity index (χ0v) is 15.8. The third kappa shape index (κ3) is 5.00. The fourth-order valence-electron chi connectivity index (χ4n) is 2.92. The van der Waals surface area contributed by atoms with Crippen LogP contribution in [0.1, 0.15) is 64.6 Å². The van der Waals surface area contributed by atoms with E-state index in [0.717, 1.165) is 31.2 Å². The minimum absolute atomic E-state index is 0.0128. The number of amides is 1. The molecule has 140 valence electrons. The Morgan fingerprint density at radius 3 is 2.42 bits per heavy atom. The van der Waals surface area contributed by atoms with E-state index in [9.17, 15) is 9.59 Å². The van der Waals surface area contributed by atoms with Gasteiger partial charge in [0.1, 0.15) is 0 Å². The minimum Gasteiger partial charge on any atom is -0.347 e. The van der Waals surface area contributed by atoms with E-state index in [1.807, 2.05) is 44.2 Å². The summed E-state index contributed by atoms with van der Waals surface area (Å²) in [6, 6.07) is 8.93. The first kappa shape index (κ1) is 19.8. The molecule has 2 unspecified atom stereocenters. The zero-order chi connectivity index (χ0) is 18.9. The first-order valence-corrected chi connectivity index (χ1v) is 9.43. The molecule has 0 aliphatic heterocycles. The molecule has 1 aromatic carbocycles. The predicted octanol–water partition coefficient (Wildman–Crippen LogP) is 3.62. The molecule has 0 bridgehead atoms. The summed E-state index contributed by atoms with van der Waals surface area (Å²) >= 11 is 0. The van der Waals surface area contributed by atoms with Gasteiger partial charge in [-0.05, 0) is 19.3 Å². The van der Waals surface area contributed by atoms with Crippen LogP contribution in [0.5, 0.6) is 0 Å². The molecular weight excluding hydrogens is 328 g/mol. The number of rotatable bonds is 9. The molecule has 2 N–H and O–H groups in total. The van der Waals surface area contributed by atoms with E-state index in [1.54, 1.807) is 0 Å². The van der Waals surface area contributed by atoms with Crippen molar-refractivity contribution in [3.05, 3.63) is 46.4 Å². The summed E-state index contributed by atoms with van der Waals surface area (Å²) in [5.41, 5.74) is 0.741. The number of aromatic nitrogens is 3. The Bertz CT molecular complexity index is 758. The second kappa shape index (κ2) is 9.85. The van der Waals surface area contributed by atoms with Gasteiger partial charge in [0.05, 0.1) is 6.04 Å². The van der Waals surface area contributed by atoms with Crippen molar-refractivity contribution < 1.29 is 4.79 Å². The first-order chi connectivity index (χ1) is 12.6. The molecule has 0 fully saturated rings. The highest BCUT2D eigenvalue weighted by molar-refractivity contribution is 5.79. The lowest BCUT2D eigenvalue weighted by molar-refractivity contribution is -0.126. The Kier molecular flexibility index (Phi) is 7.51.